The third-order valence-electron chi connectivity index (χ3n) is 3.57. The predicted molar refractivity (Wildman–Crippen MR) is 88.5 cm³/mol. The molecule has 0 unspecified atom stereocenters. The fourth-order valence-corrected chi connectivity index (χ4v) is 3.00. The SMILES string of the molecule is CCCc1c(CNC(=O)OCC)c2cc(Br)ccc2n1C. The van der Waals surface area contributed by atoms with E-state index in [-0.39, 0.29) is 6.09 Å². The molecule has 0 saturated heterocycles. The number of hydrogen-bond acceptors (Lipinski definition) is 2. The first-order valence-corrected chi connectivity index (χ1v) is 8.04. The molecule has 0 saturated carbocycles. The number of rotatable bonds is 5. The zero-order chi connectivity index (χ0) is 15.4. The molecule has 0 aliphatic heterocycles. The Balaban J connectivity index is 2.40. The maximum absolute atomic E-state index is 11.5. The Morgan fingerprint density at radius 2 is 2.14 bits per heavy atom. The van der Waals surface area contributed by atoms with Gasteiger partial charge in [-0.1, -0.05) is 29.3 Å². The van der Waals surface area contributed by atoms with E-state index in [2.05, 4.69) is 51.9 Å². The van der Waals surface area contributed by atoms with E-state index in [0.29, 0.717) is 13.2 Å². The van der Waals surface area contributed by atoms with E-state index in [1.165, 1.54) is 22.2 Å². The molecule has 0 atom stereocenters. The van der Waals surface area contributed by atoms with Gasteiger partial charge < -0.3 is 14.6 Å². The molecular weight excluding hydrogens is 332 g/mol. The molecule has 5 heteroatoms. The van der Waals surface area contributed by atoms with Crippen LogP contribution in [0.1, 0.15) is 31.5 Å². The van der Waals surface area contributed by atoms with Crippen molar-refractivity contribution in [3.8, 4) is 0 Å². The average Bonchev–Trinajstić information content (AvgIpc) is 2.70. The molecule has 1 N–H and O–H groups in total. The highest BCUT2D eigenvalue weighted by Crippen LogP contribution is 2.29. The molecule has 2 rings (SSSR count). The lowest BCUT2D eigenvalue weighted by Gasteiger charge is -2.08. The lowest BCUT2D eigenvalue weighted by Crippen LogP contribution is -2.24. The van der Waals surface area contributed by atoms with Crippen molar-refractivity contribution in [2.45, 2.75) is 33.2 Å². The number of nitrogens with one attached hydrogen (secondary N) is 1. The standard InChI is InChI=1S/C16H21BrN2O2/c1-4-6-14-13(10-18-16(20)21-5-2)12-9-11(17)7-8-15(12)19(14)3/h7-9H,4-6,10H2,1-3H3,(H,18,20). The van der Waals surface area contributed by atoms with Gasteiger partial charge in [0.25, 0.3) is 0 Å². The molecule has 0 radical (unpaired) electrons. The third kappa shape index (κ3) is 3.40. The van der Waals surface area contributed by atoms with Crippen LogP contribution in [0.15, 0.2) is 22.7 Å². The topological polar surface area (TPSA) is 43.3 Å². The van der Waals surface area contributed by atoms with E-state index in [4.69, 9.17) is 4.74 Å². The highest BCUT2D eigenvalue weighted by Gasteiger charge is 2.15. The van der Waals surface area contributed by atoms with Crippen LogP contribution in [0, 0.1) is 0 Å². The maximum atomic E-state index is 11.5. The number of ether oxygens (including phenoxy) is 1. The van der Waals surface area contributed by atoms with Crippen LogP contribution in [0.25, 0.3) is 10.9 Å². The van der Waals surface area contributed by atoms with Crippen molar-refractivity contribution < 1.29 is 9.53 Å². The molecule has 1 aromatic carbocycles. The van der Waals surface area contributed by atoms with Crippen molar-refractivity contribution in [2.24, 2.45) is 7.05 Å². The predicted octanol–water partition coefficient (Wildman–Crippen LogP) is 4.14. The molecule has 1 aromatic heterocycles. The summed E-state index contributed by atoms with van der Waals surface area (Å²) in [6, 6.07) is 6.25. The Kier molecular flexibility index (Phi) is 5.28. The van der Waals surface area contributed by atoms with Gasteiger partial charge in [-0.3, -0.25) is 0 Å². The van der Waals surface area contributed by atoms with Crippen LogP contribution in [-0.2, 0) is 24.8 Å². The summed E-state index contributed by atoms with van der Waals surface area (Å²) in [5, 5.41) is 4.01. The summed E-state index contributed by atoms with van der Waals surface area (Å²) in [6.07, 6.45) is 1.69. The van der Waals surface area contributed by atoms with E-state index in [1.54, 1.807) is 6.92 Å². The summed E-state index contributed by atoms with van der Waals surface area (Å²) >= 11 is 3.52. The van der Waals surface area contributed by atoms with Gasteiger partial charge in [-0.05, 0) is 31.5 Å². The zero-order valence-corrected chi connectivity index (χ0v) is 14.3. The van der Waals surface area contributed by atoms with Gasteiger partial charge in [0.15, 0.2) is 0 Å². The van der Waals surface area contributed by atoms with Crippen LogP contribution in [0.5, 0.6) is 0 Å². The van der Waals surface area contributed by atoms with Gasteiger partial charge in [-0.25, -0.2) is 4.79 Å². The van der Waals surface area contributed by atoms with Crippen LogP contribution in [-0.4, -0.2) is 17.3 Å². The molecular formula is C16H21BrN2O2. The Morgan fingerprint density at radius 1 is 1.38 bits per heavy atom. The first-order chi connectivity index (χ1) is 10.1. The summed E-state index contributed by atoms with van der Waals surface area (Å²) in [4.78, 5) is 11.5. The minimum atomic E-state index is -0.369. The molecule has 1 amide bonds. The minimum Gasteiger partial charge on any atom is -0.450 e. The van der Waals surface area contributed by atoms with E-state index in [1.807, 2.05) is 6.07 Å². The van der Waals surface area contributed by atoms with E-state index in [9.17, 15) is 4.79 Å². The molecule has 0 fully saturated rings. The quantitative estimate of drug-likeness (QED) is 0.878. The van der Waals surface area contributed by atoms with Crippen LogP contribution in [0.4, 0.5) is 4.79 Å². The number of benzene rings is 1. The number of halogens is 1. The third-order valence-corrected chi connectivity index (χ3v) is 4.06. The summed E-state index contributed by atoms with van der Waals surface area (Å²) < 4.78 is 8.20. The van der Waals surface area contributed by atoms with Gasteiger partial charge in [0, 0.05) is 40.2 Å². The number of aromatic nitrogens is 1. The largest absolute Gasteiger partial charge is 0.450 e. The van der Waals surface area contributed by atoms with Crippen molar-refractivity contribution in [1.82, 2.24) is 9.88 Å². The van der Waals surface area contributed by atoms with Gasteiger partial charge in [-0.2, -0.15) is 0 Å². The highest BCUT2D eigenvalue weighted by atomic mass is 79.9. The minimum absolute atomic E-state index is 0.369. The van der Waals surface area contributed by atoms with Crippen LogP contribution >= 0.6 is 15.9 Å². The number of amides is 1. The Bertz CT molecular complexity index is 649. The normalized spacial score (nSPS) is 10.9. The molecule has 114 valence electrons. The van der Waals surface area contributed by atoms with E-state index in [0.717, 1.165) is 17.3 Å². The highest BCUT2D eigenvalue weighted by molar-refractivity contribution is 9.10. The number of aryl methyl sites for hydroxylation is 1. The van der Waals surface area contributed by atoms with Crippen LogP contribution in [0.3, 0.4) is 0 Å². The Morgan fingerprint density at radius 3 is 2.81 bits per heavy atom. The summed E-state index contributed by atoms with van der Waals surface area (Å²) in [6.45, 7) is 4.84. The molecule has 0 spiro atoms. The molecule has 4 nitrogen and oxygen atoms in total. The summed E-state index contributed by atoms with van der Waals surface area (Å²) in [5.41, 5.74) is 3.62. The molecule has 0 aliphatic carbocycles. The van der Waals surface area contributed by atoms with Crippen molar-refractivity contribution in [1.29, 1.82) is 0 Å². The molecule has 0 bridgehead atoms. The number of fused-ring (bicyclic) bond motifs is 1. The molecule has 0 aliphatic rings. The molecule has 1 heterocycles. The fourth-order valence-electron chi connectivity index (χ4n) is 2.64. The number of hydrogen-bond donors (Lipinski definition) is 1. The van der Waals surface area contributed by atoms with Crippen molar-refractivity contribution in [2.75, 3.05) is 6.61 Å². The second kappa shape index (κ2) is 6.98. The maximum Gasteiger partial charge on any atom is 0.407 e. The van der Waals surface area contributed by atoms with Crippen molar-refractivity contribution in [3.63, 3.8) is 0 Å². The number of alkyl carbamates (subject to hydrolysis) is 1. The first-order valence-electron chi connectivity index (χ1n) is 7.24. The van der Waals surface area contributed by atoms with Crippen molar-refractivity contribution in [3.05, 3.63) is 33.9 Å². The molecule has 2 aromatic rings. The van der Waals surface area contributed by atoms with E-state index >= 15 is 0 Å². The van der Waals surface area contributed by atoms with E-state index < -0.39 is 0 Å². The van der Waals surface area contributed by atoms with Crippen LogP contribution in [0.2, 0.25) is 0 Å². The monoisotopic (exact) mass is 352 g/mol. The number of carbonyl (C=O) groups is 1. The van der Waals surface area contributed by atoms with Gasteiger partial charge in [0.2, 0.25) is 0 Å². The fraction of sp³-hybridized carbons (Fsp3) is 0.438. The average molecular weight is 353 g/mol. The zero-order valence-electron chi connectivity index (χ0n) is 12.7. The van der Waals surface area contributed by atoms with Gasteiger partial charge in [0.05, 0.1) is 6.61 Å². The van der Waals surface area contributed by atoms with Gasteiger partial charge in [-0.15, -0.1) is 0 Å². The second-order valence-electron chi connectivity index (χ2n) is 4.97. The summed E-state index contributed by atoms with van der Waals surface area (Å²) in [7, 11) is 2.08. The smallest absolute Gasteiger partial charge is 0.407 e. The van der Waals surface area contributed by atoms with Gasteiger partial charge >= 0.3 is 6.09 Å². The van der Waals surface area contributed by atoms with Crippen molar-refractivity contribution >= 4 is 32.9 Å². The number of nitrogens with zero attached hydrogens (tertiary/aromatic N) is 1. The number of carbonyl (C=O) groups excluding carboxylic acids is 1. The Hall–Kier alpha value is -1.49. The lowest BCUT2D eigenvalue weighted by molar-refractivity contribution is 0.151. The summed E-state index contributed by atoms with van der Waals surface area (Å²) in [5.74, 6) is 0. The van der Waals surface area contributed by atoms with Gasteiger partial charge in [0.1, 0.15) is 0 Å². The second-order valence-corrected chi connectivity index (χ2v) is 5.89. The molecule has 21 heavy (non-hydrogen) atoms. The lowest BCUT2D eigenvalue weighted by atomic mass is 10.1. The van der Waals surface area contributed by atoms with Crippen LogP contribution < -0.4 is 5.32 Å². The first kappa shape index (κ1) is 15.9. The Labute approximate surface area is 133 Å².